The summed E-state index contributed by atoms with van der Waals surface area (Å²) in [5.41, 5.74) is -0.106. The highest BCUT2D eigenvalue weighted by Gasteiger charge is 2.12. The lowest BCUT2D eigenvalue weighted by Crippen LogP contribution is -2.24. The maximum absolute atomic E-state index is 13.4. The zero-order valence-electron chi connectivity index (χ0n) is 9.54. The highest BCUT2D eigenvalue weighted by atomic mass is 35.5. The fourth-order valence-electron chi connectivity index (χ4n) is 1.41. The van der Waals surface area contributed by atoms with Crippen LogP contribution in [0.4, 0.5) is 4.39 Å². The van der Waals surface area contributed by atoms with Crippen LogP contribution in [0.3, 0.4) is 0 Å². The summed E-state index contributed by atoms with van der Waals surface area (Å²) >= 11 is 5.70. The van der Waals surface area contributed by atoms with Gasteiger partial charge in [0, 0.05) is 5.02 Å². The topological polar surface area (TPSA) is 55.1 Å². The molecule has 94 valence electrons. The molecule has 0 bridgehead atoms. The predicted octanol–water partition coefficient (Wildman–Crippen LogP) is 2.71. The highest BCUT2D eigenvalue weighted by Crippen LogP contribution is 2.14. The van der Waals surface area contributed by atoms with Crippen LogP contribution in [0.25, 0.3) is 0 Å². The minimum absolute atomic E-state index is 0.0959. The summed E-state index contributed by atoms with van der Waals surface area (Å²) in [7, 11) is 0. The Morgan fingerprint density at radius 1 is 1.56 bits per heavy atom. The van der Waals surface area contributed by atoms with Gasteiger partial charge in [0.05, 0.1) is 18.3 Å². The molecule has 1 heterocycles. The fraction of sp³-hybridized carbons (Fsp3) is 0.167. The van der Waals surface area contributed by atoms with E-state index < -0.39 is 11.7 Å². The third kappa shape index (κ3) is 2.87. The van der Waals surface area contributed by atoms with Crippen molar-refractivity contribution in [1.29, 1.82) is 0 Å². The van der Waals surface area contributed by atoms with E-state index in [0.29, 0.717) is 16.7 Å². The molecule has 2 rings (SSSR count). The molecule has 0 spiro atoms. The number of benzene rings is 1. The molecule has 0 aliphatic heterocycles. The number of rotatable bonds is 3. The third-order valence-corrected chi connectivity index (χ3v) is 2.48. The smallest absolute Gasteiger partial charge is 0.254 e. The van der Waals surface area contributed by atoms with Crippen molar-refractivity contribution >= 4 is 17.5 Å². The van der Waals surface area contributed by atoms with E-state index in [1.54, 1.807) is 13.1 Å². The van der Waals surface area contributed by atoms with Crippen molar-refractivity contribution in [1.82, 2.24) is 10.3 Å². The van der Waals surface area contributed by atoms with E-state index in [2.05, 4.69) is 10.3 Å². The van der Waals surface area contributed by atoms with Crippen molar-refractivity contribution in [2.45, 2.75) is 13.5 Å². The van der Waals surface area contributed by atoms with Crippen molar-refractivity contribution < 1.29 is 13.6 Å². The zero-order valence-corrected chi connectivity index (χ0v) is 10.3. The van der Waals surface area contributed by atoms with E-state index in [-0.39, 0.29) is 12.1 Å². The van der Waals surface area contributed by atoms with Gasteiger partial charge in [0.15, 0.2) is 0 Å². The Kier molecular flexibility index (Phi) is 3.62. The maximum Gasteiger partial charge on any atom is 0.254 e. The molecule has 0 aliphatic carbocycles. The first-order chi connectivity index (χ1) is 8.56. The number of nitrogens with zero attached hydrogens (tertiary/aromatic N) is 1. The molecular formula is C12H10ClFN2O2. The number of nitrogens with one attached hydrogen (secondary N) is 1. The second kappa shape index (κ2) is 5.18. The Hall–Kier alpha value is -1.88. The van der Waals surface area contributed by atoms with Crippen LogP contribution in [0.15, 0.2) is 28.8 Å². The summed E-state index contributed by atoms with van der Waals surface area (Å²) in [5.74, 6) is -0.178. The molecule has 1 N–H and O–H groups in total. The van der Waals surface area contributed by atoms with Gasteiger partial charge in [-0.3, -0.25) is 4.79 Å². The largest absolute Gasteiger partial charge is 0.444 e. The molecule has 0 saturated heterocycles. The molecule has 4 nitrogen and oxygen atoms in total. The lowest BCUT2D eigenvalue weighted by Gasteiger charge is -2.04. The van der Waals surface area contributed by atoms with Crippen molar-refractivity contribution in [2.24, 2.45) is 0 Å². The fourth-order valence-corrected chi connectivity index (χ4v) is 1.58. The summed E-state index contributed by atoms with van der Waals surface area (Å²) < 4.78 is 18.6. The van der Waals surface area contributed by atoms with E-state index in [4.69, 9.17) is 16.0 Å². The van der Waals surface area contributed by atoms with Gasteiger partial charge in [-0.2, -0.15) is 0 Å². The number of carbonyl (C=O) groups excluding carboxylic acids is 1. The van der Waals surface area contributed by atoms with E-state index in [1.165, 1.54) is 12.1 Å². The number of hydrogen-bond donors (Lipinski definition) is 1. The Bertz CT molecular complexity index is 583. The van der Waals surface area contributed by atoms with Crippen molar-refractivity contribution in [2.75, 3.05) is 0 Å². The van der Waals surface area contributed by atoms with E-state index in [9.17, 15) is 9.18 Å². The maximum atomic E-state index is 13.4. The van der Waals surface area contributed by atoms with Crippen LogP contribution in [-0.4, -0.2) is 10.9 Å². The number of carbonyl (C=O) groups is 1. The van der Waals surface area contributed by atoms with Gasteiger partial charge in [0.1, 0.15) is 11.6 Å². The van der Waals surface area contributed by atoms with E-state index >= 15 is 0 Å². The number of aryl methyl sites for hydroxylation is 1. The summed E-state index contributed by atoms with van der Waals surface area (Å²) in [4.78, 5) is 15.6. The molecule has 6 heteroatoms. The molecule has 0 aliphatic rings. The van der Waals surface area contributed by atoms with Gasteiger partial charge < -0.3 is 9.73 Å². The van der Waals surface area contributed by atoms with Crippen LogP contribution in [-0.2, 0) is 6.54 Å². The van der Waals surface area contributed by atoms with Crippen LogP contribution >= 0.6 is 11.6 Å². The second-order valence-electron chi connectivity index (χ2n) is 3.67. The van der Waals surface area contributed by atoms with Crippen molar-refractivity contribution in [3.63, 3.8) is 0 Å². The Balaban J connectivity index is 2.05. The summed E-state index contributed by atoms with van der Waals surface area (Å²) in [5, 5.41) is 2.80. The van der Waals surface area contributed by atoms with Crippen LogP contribution in [0.2, 0.25) is 5.02 Å². The van der Waals surface area contributed by atoms with Gasteiger partial charge in [-0.05, 0) is 25.1 Å². The molecular weight excluding hydrogens is 259 g/mol. The van der Waals surface area contributed by atoms with Gasteiger partial charge in [0.2, 0.25) is 5.89 Å². The van der Waals surface area contributed by atoms with Crippen LogP contribution in [0.5, 0.6) is 0 Å². The molecule has 0 unspecified atom stereocenters. The molecule has 0 radical (unpaired) electrons. The first-order valence-corrected chi connectivity index (χ1v) is 5.58. The third-order valence-electron chi connectivity index (χ3n) is 2.24. The molecule has 0 atom stereocenters. The lowest BCUT2D eigenvalue weighted by molar-refractivity contribution is 0.0943. The first kappa shape index (κ1) is 12.6. The molecule has 1 amide bonds. The number of oxazole rings is 1. The van der Waals surface area contributed by atoms with Crippen molar-refractivity contribution in [3.8, 4) is 0 Å². The molecule has 0 fully saturated rings. The molecule has 1 aromatic heterocycles. The van der Waals surface area contributed by atoms with Crippen molar-refractivity contribution in [3.05, 3.63) is 52.5 Å². The average molecular weight is 269 g/mol. The second-order valence-corrected chi connectivity index (χ2v) is 4.11. The summed E-state index contributed by atoms with van der Waals surface area (Å²) in [6.07, 6.45) is 1.54. The predicted molar refractivity (Wildman–Crippen MR) is 63.8 cm³/mol. The van der Waals surface area contributed by atoms with E-state index in [0.717, 1.165) is 6.07 Å². The standard InChI is InChI=1S/C12H10ClFN2O2/c1-7-5-15-11(18-7)6-16-12(17)9-4-8(13)2-3-10(9)14/h2-5H,6H2,1H3,(H,16,17). The van der Waals surface area contributed by atoms with Crippen LogP contribution in [0, 0.1) is 12.7 Å². The average Bonchev–Trinajstić information content (AvgIpc) is 2.75. The Labute approximate surface area is 108 Å². The monoisotopic (exact) mass is 268 g/mol. The van der Waals surface area contributed by atoms with Gasteiger partial charge in [-0.15, -0.1) is 0 Å². The van der Waals surface area contributed by atoms with E-state index in [1.807, 2.05) is 0 Å². The number of halogens is 2. The lowest BCUT2D eigenvalue weighted by atomic mass is 10.2. The first-order valence-electron chi connectivity index (χ1n) is 5.21. The number of aromatic nitrogens is 1. The molecule has 0 saturated carbocycles. The molecule has 1 aromatic carbocycles. The number of hydrogen-bond acceptors (Lipinski definition) is 3. The Morgan fingerprint density at radius 2 is 2.33 bits per heavy atom. The quantitative estimate of drug-likeness (QED) is 0.931. The minimum Gasteiger partial charge on any atom is -0.444 e. The van der Waals surface area contributed by atoms with Gasteiger partial charge in [0.25, 0.3) is 5.91 Å². The Morgan fingerprint density at radius 3 is 3.00 bits per heavy atom. The van der Waals surface area contributed by atoms with Crippen LogP contribution in [0.1, 0.15) is 22.0 Å². The summed E-state index contributed by atoms with van der Waals surface area (Å²) in [6, 6.07) is 3.80. The van der Waals surface area contributed by atoms with Gasteiger partial charge >= 0.3 is 0 Å². The summed E-state index contributed by atoms with van der Waals surface area (Å²) in [6.45, 7) is 1.84. The number of amides is 1. The zero-order chi connectivity index (χ0) is 13.1. The molecule has 2 aromatic rings. The minimum atomic E-state index is -0.625. The normalized spacial score (nSPS) is 10.4. The van der Waals surface area contributed by atoms with Gasteiger partial charge in [-0.1, -0.05) is 11.6 Å². The molecule has 18 heavy (non-hydrogen) atoms. The van der Waals surface area contributed by atoms with Gasteiger partial charge in [-0.25, -0.2) is 9.37 Å². The van der Waals surface area contributed by atoms with Crippen LogP contribution < -0.4 is 5.32 Å². The SMILES string of the molecule is Cc1cnc(CNC(=O)c2cc(Cl)ccc2F)o1. The highest BCUT2D eigenvalue weighted by molar-refractivity contribution is 6.30.